The fourth-order valence-electron chi connectivity index (χ4n) is 3.65. The third kappa shape index (κ3) is 2.70. The number of aryl methyl sites for hydroxylation is 1. The van der Waals surface area contributed by atoms with E-state index in [1.165, 1.54) is 0 Å². The molecule has 1 amide bonds. The van der Waals surface area contributed by atoms with Gasteiger partial charge in [-0.25, -0.2) is 4.98 Å². The molecule has 0 spiro atoms. The molecule has 1 N–H and O–H groups in total. The minimum Gasteiger partial charge on any atom is -0.467 e. The minimum atomic E-state index is -0.162. The summed E-state index contributed by atoms with van der Waals surface area (Å²) in [5, 5.41) is 2.84. The van der Waals surface area contributed by atoms with E-state index in [0.717, 1.165) is 28.0 Å². The average Bonchev–Trinajstić information content (AvgIpc) is 3.38. The molecule has 0 saturated heterocycles. The number of ketones is 1. The number of hydrogen-bond acceptors (Lipinski definition) is 4. The average molecular weight is 371 g/mol. The first-order valence-corrected chi connectivity index (χ1v) is 9.14. The van der Waals surface area contributed by atoms with Gasteiger partial charge in [0.15, 0.2) is 5.78 Å². The van der Waals surface area contributed by atoms with Crippen molar-refractivity contribution in [3.8, 4) is 11.4 Å². The summed E-state index contributed by atoms with van der Waals surface area (Å²) in [6, 6.07) is 16.6. The Hall–Kier alpha value is -3.67. The van der Waals surface area contributed by atoms with Crippen molar-refractivity contribution in [1.29, 1.82) is 0 Å². The summed E-state index contributed by atoms with van der Waals surface area (Å²) in [6.45, 7) is 0.966. The van der Waals surface area contributed by atoms with Gasteiger partial charge in [0, 0.05) is 29.7 Å². The topological polar surface area (TPSA) is 77.1 Å². The Balaban J connectivity index is 1.43. The van der Waals surface area contributed by atoms with Crippen LogP contribution in [0.2, 0.25) is 0 Å². The van der Waals surface area contributed by atoms with Gasteiger partial charge in [0.05, 0.1) is 23.8 Å². The van der Waals surface area contributed by atoms with Crippen LogP contribution < -0.4 is 5.32 Å². The van der Waals surface area contributed by atoms with Gasteiger partial charge >= 0.3 is 0 Å². The first-order chi connectivity index (χ1) is 13.7. The Morgan fingerprint density at radius 3 is 2.75 bits per heavy atom. The maximum Gasteiger partial charge on any atom is 0.251 e. The fourth-order valence-corrected chi connectivity index (χ4v) is 3.65. The molecule has 0 aliphatic carbocycles. The van der Waals surface area contributed by atoms with Crippen molar-refractivity contribution in [1.82, 2.24) is 14.9 Å². The number of nitrogens with zero attached hydrogens (tertiary/aromatic N) is 2. The van der Waals surface area contributed by atoms with Crippen molar-refractivity contribution in [2.24, 2.45) is 0 Å². The molecule has 0 atom stereocenters. The molecule has 6 nitrogen and oxygen atoms in total. The third-order valence-corrected chi connectivity index (χ3v) is 5.04. The summed E-state index contributed by atoms with van der Waals surface area (Å²) in [4.78, 5) is 29.3. The molecule has 1 aliphatic heterocycles. The molecule has 28 heavy (non-hydrogen) atoms. The van der Waals surface area contributed by atoms with Gasteiger partial charge in [-0.05, 0) is 36.4 Å². The summed E-state index contributed by atoms with van der Waals surface area (Å²) in [5.74, 6) is 1.52. The zero-order chi connectivity index (χ0) is 19.1. The first kappa shape index (κ1) is 16.5. The van der Waals surface area contributed by atoms with E-state index in [-0.39, 0.29) is 11.7 Å². The third-order valence-electron chi connectivity index (χ3n) is 5.04. The van der Waals surface area contributed by atoms with Crippen molar-refractivity contribution in [3.05, 3.63) is 77.7 Å². The van der Waals surface area contributed by atoms with Gasteiger partial charge in [-0.3, -0.25) is 9.59 Å². The lowest BCUT2D eigenvalue weighted by atomic mass is 10.0. The summed E-state index contributed by atoms with van der Waals surface area (Å²) >= 11 is 0. The molecule has 138 valence electrons. The van der Waals surface area contributed by atoms with E-state index >= 15 is 0 Å². The molecular formula is C22H17N3O3. The van der Waals surface area contributed by atoms with Crippen LogP contribution in [0.3, 0.4) is 0 Å². The number of amides is 1. The number of aromatic nitrogens is 2. The minimum absolute atomic E-state index is 0.160. The molecule has 1 aliphatic rings. The maximum atomic E-state index is 12.3. The molecule has 0 bridgehead atoms. The molecule has 0 fully saturated rings. The van der Waals surface area contributed by atoms with Crippen LogP contribution in [0.5, 0.6) is 0 Å². The summed E-state index contributed by atoms with van der Waals surface area (Å²) < 4.78 is 7.32. The normalized spacial score (nSPS) is 13.1. The molecule has 3 heterocycles. The number of hydrogen-bond donors (Lipinski definition) is 1. The number of carbonyl (C=O) groups is 2. The van der Waals surface area contributed by atoms with E-state index in [0.29, 0.717) is 30.8 Å². The van der Waals surface area contributed by atoms with E-state index in [1.54, 1.807) is 24.5 Å². The second-order valence-corrected chi connectivity index (χ2v) is 6.77. The predicted molar refractivity (Wildman–Crippen MR) is 104 cm³/mol. The smallest absolute Gasteiger partial charge is 0.251 e. The SMILES string of the molecule is O=C(NCc1ccco1)c1ccc(-c2nc3cccc4c3n2CCC4=O)cc1. The largest absolute Gasteiger partial charge is 0.467 e. The van der Waals surface area contributed by atoms with Crippen molar-refractivity contribution in [2.75, 3.05) is 0 Å². The highest BCUT2D eigenvalue weighted by Gasteiger charge is 2.23. The Morgan fingerprint density at radius 1 is 1.11 bits per heavy atom. The quantitative estimate of drug-likeness (QED) is 0.592. The van der Waals surface area contributed by atoms with Crippen LogP contribution in [-0.2, 0) is 13.1 Å². The molecule has 2 aromatic heterocycles. The molecule has 6 heteroatoms. The molecule has 0 saturated carbocycles. The summed E-state index contributed by atoms with van der Waals surface area (Å²) in [5.41, 5.74) is 3.94. The second-order valence-electron chi connectivity index (χ2n) is 6.77. The zero-order valence-electron chi connectivity index (χ0n) is 15.0. The number of para-hydroxylation sites is 1. The van der Waals surface area contributed by atoms with Crippen molar-refractivity contribution < 1.29 is 14.0 Å². The maximum absolute atomic E-state index is 12.3. The molecule has 4 aromatic rings. The number of imidazole rings is 1. The number of nitrogens with one attached hydrogen (secondary N) is 1. The highest BCUT2D eigenvalue weighted by Crippen LogP contribution is 2.31. The van der Waals surface area contributed by atoms with Crippen molar-refractivity contribution in [3.63, 3.8) is 0 Å². The predicted octanol–water partition coefficient (Wildman–Crippen LogP) is 3.81. The Kier molecular flexibility index (Phi) is 3.83. The number of Topliss-reactive ketones (excluding diaryl/α,β-unsaturated/α-hetero) is 1. The summed E-state index contributed by atoms with van der Waals surface area (Å²) in [6.07, 6.45) is 2.05. The van der Waals surface area contributed by atoms with Crippen LogP contribution in [-0.4, -0.2) is 21.2 Å². The molecule has 0 unspecified atom stereocenters. The first-order valence-electron chi connectivity index (χ1n) is 9.14. The second kappa shape index (κ2) is 6.49. The van der Waals surface area contributed by atoms with E-state index in [4.69, 9.17) is 9.40 Å². The highest BCUT2D eigenvalue weighted by atomic mass is 16.3. The van der Waals surface area contributed by atoms with Gasteiger partial charge in [-0.1, -0.05) is 18.2 Å². The van der Waals surface area contributed by atoms with Gasteiger partial charge in [-0.2, -0.15) is 0 Å². The van der Waals surface area contributed by atoms with Gasteiger partial charge in [-0.15, -0.1) is 0 Å². The van der Waals surface area contributed by atoms with E-state index < -0.39 is 0 Å². The number of rotatable bonds is 4. The molecule has 5 rings (SSSR count). The number of benzene rings is 2. The number of carbonyl (C=O) groups excluding carboxylic acids is 2. The van der Waals surface area contributed by atoms with Crippen molar-refractivity contribution >= 4 is 22.7 Å². The van der Waals surface area contributed by atoms with E-state index in [2.05, 4.69) is 9.88 Å². The van der Waals surface area contributed by atoms with Gasteiger partial charge in [0.1, 0.15) is 11.6 Å². The van der Waals surface area contributed by atoms with Gasteiger partial charge in [0.2, 0.25) is 0 Å². The lowest BCUT2D eigenvalue weighted by molar-refractivity contribution is 0.0945. The monoisotopic (exact) mass is 371 g/mol. The van der Waals surface area contributed by atoms with Gasteiger partial charge < -0.3 is 14.3 Å². The van der Waals surface area contributed by atoms with Crippen LogP contribution in [0.1, 0.15) is 32.9 Å². The molecular weight excluding hydrogens is 354 g/mol. The van der Waals surface area contributed by atoms with Crippen LogP contribution >= 0.6 is 0 Å². The van der Waals surface area contributed by atoms with Crippen LogP contribution in [0.25, 0.3) is 22.4 Å². The fraction of sp³-hybridized carbons (Fsp3) is 0.136. The Bertz CT molecular complexity index is 1190. The zero-order valence-corrected chi connectivity index (χ0v) is 15.0. The van der Waals surface area contributed by atoms with Crippen LogP contribution in [0.4, 0.5) is 0 Å². The standard InChI is InChI=1S/C22H17N3O3/c26-19-10-11-25-20-17(19)4-1-5-18(20)24-21(25)14-6-8-15(9-7-14)22(27)23-13-16-3-2-12-28-16/h1-9,12H,10-11,13H2,(H,23,27). The molecule has 0 radical (unpaired) electrons. The van der Waals surface area contributed by atoms with Crippen LogP contribution in [0.15, 0.2) is 65.3 Å². The van der Waals surface area contributed by atoms with E-state index in [9.17, 15) is 9.59 Å². The lowest BCUT2D eigenvalue weighted by Crippen LogP contribution is -2.22. The Labute approximate surface area is 160 Å². The lowest BCUT2D eigenvalue weighted by Gasteiger charge is -2.15. The Morgan fingerprint density at radius 2 is 1.96 bits per heavy atom. The summed E-state index contributed by atoms with van der Waals surface area (Å²) in [7, 11) is 0. The van der Waals surface area contributed by atoms with Crippen molar-refractivity contribution in [2.45, 2.75) is 19.5 Å². The molecule has 2 aromatic carbocycles. The number of furan rings is 1. The van der Waals surface area contributed by atoms with E-state index in [1.807, 2.05) is 36.4 Å². The van der Waals surface area contributed by atoms with Gasteiger partial charge in [0.25, 0.3) is 5.91 Å². The highest BCUT2D eigenvalue weighted by molar-refractivity contribution is 6.08. The van der Waals surface area contributed by atoms with Crippen LogP contribution in [0, 0.1) is 0 Å².